The molecule has 306 valence electrons. The highest BCUT2D eigenvalue weighted by Gasteiger charge is 2.79. The quantitative estimate of drug-likeness (QED) is 0.218. The van der Waals surface area contributed by atoms with Gasteiger partial charge in [0.2, 0.25) is 0 Å². The molecule has 1 aliphatic carbocycles. The van der Waals surface area contributed by atoms with Gasteiger partial charge in [-0.2, -0.15) is 0 Å². The Balaban J connectivity index is 1.36. The number of piperidine rings is 1. The molecule has 10 atom stereocenters. The number of likely N-dealkylation sites (N-methyl/N-ethyl adjacent to an activating group) is 2. The summed E-state index contributed by atoms with van der Waals surface area (Å²) in [5.41, 5.74) is -1.09. The number of hydrogen-bond acceptors (Lipinski definition) is 10. The molecule has 3 fully saturated rings. The van der Waals surface area contributed by atoms with Gasteiger partial charge in [-0.3, -0.25) is 19.4 Å². The minimum atomic E-state index is -2.17. The van der Waals surface area contributed by atoms with Crippen molar-refractivity contribution in [3.63, 3.8) is 0 Å². The first-order valence-corrected chi connectivity index (χ1v) is 20.8. The zero-order valence-electron chi connectivity index (χ0n) is 34.5. The van der Waals surface area contributed by atoms with Crippen molar-refractivity contribution in [3.05, 3.63) is 70.9 Å². The number of rotatable bonds is 6. The molecule has 1 aromatic heterocycles. The van der Waals surface area contributed by atoms with Crippen LogP contribution in [0.5, 0.6) is 5.75 Å². The number of anilines is 1. The van der Waals surface area contributed by atoms with Crippen LogP contribution in [0, 0.1) is 11.3 Å². The number of carbonyl (C=O) groups excluding carboxylic acids is 2. The fourth-order valence-corrected chi connectivity index (χ4v) is 13.4. The van der Waals surface area contributed by atoms with E-state index < -0.39 is 51.5 Å². The molecule has 57 heavy (non-hydrogen) atoms. The van der Waals surface area contributed by atoms with E-state index in [9.17, 15) is 20.1 Å². The van der Waals surface area contributed by atoms with Crippen LogP contribution in [0.15, 0.2) is 48.6 Å². The molecule has 6 aliphatic rings. The summed E-state index contributed by atoms with van der Waals surface area (Å²) < 4.78 is 12.3. The molecule has 2 bridgehead atoms. The molecule has 0 radical (unpaired) electrons. The average molecular weight is 782 g/mol. The third kappa shape index (κ3) is 4.85. The van der Waals surface area contributed by atoms with Crippen LogP contribution in [0.3, 0.4) is 0 Å². The van der Waals surface area contributed by atoms with Crippen molar-refractivity contribution in [3.8, 4) is 5.75 Å². The van der Waals surface area contributed by atoms with Crippen LogP contribution in [0.2, 0.25) is 0 Å². The van der Waals surface area contributed by atoms with Gasteiger partial charge >= 0.3 is 5.97 Å². The van der Waals surface area contributed by atoms with Crippen LogP contribution in [0.4, 0.5) is 5.69 Å². The van der Waals surface area contributed by atoms with Crippen molar-refractivity contribution in [1.82, 2.24) is 19.7 Å². The van der Waals surface area contributed by atoms with Crippen LogP contribution in [-0.2, 0) is 31.6 Å². The van der Waals surface area contributed by atoms with Crippen molar-refractivity contribution < 1.29 is 34.4 Å². The smallest absolute Gasteiger partial charge is 0.322 e. The third-order valence-corrected chi connectivity index (χ3v) is 15.6. The summed E-state index contributed by atoms with van der Waals surface area (Å²) in [7, 11) is 8.24. The number of fused-ring (bicyclic) bond motifs is 6. The second-order valence-electron chi connectivity index (χ2n) is 18.3. The van der Waals surface area contributed by atoms with Gasteiger partial charge in [-0.25, -0.2) is 0 Å². The summed E-state index contributed by atoms with van der Waals surface area (Å²) in [6.45, 7) is 7.51. The first kappa shape index (κ1) is 38.6. The Kier molecular flexibility index (Phi) is 8.82. The Labute approximate surface area is 335 Å². The molecule has 2 aromatic carbocycles. The molecule has 2 saturated heterocycles. The monoisotopic (exact) mass is 781 g/mol. The molecule has 5 aliphatic heterocycles. The molecule has 4 N–H and O–H groups in total. The molecule has 1 spiro atoms. The van der Waals surface area contributed by atoms with Crippen molar-refractivity contribution in [2.24, 2.45) is 11.3 Å². The predicted molar refractivity (Wildman–Crippen MR) is 218 cm³/mol. The highest BCUT2D eigenvalue weighted by molar-refractivity contribution is 5.95. The molecule has 1 saturated carbocycles. The van der Waals surface area contributed by atoms with Gasteiger partial charge in [-0.15, -0.1) is 0 Å². The lowest BCUT2D eigenvalue weighted by atomic mass is 9.47. The summed E-state index contributed by atoms with van der Waals surface area (Å²) in [5.74, 6) is -0.530. The summed E-state index contributed by atoms with van der Waals surface area (Å²) in [6, 6.07) is 11.2. The number of aromatic amines is 1. The average Bonchev–Trinajstić information content (AvgIpc) is 3.87. The zero-order chi connectivity index (χ0) is 40.4. The SMILES string of the molecule is CC[C@]1(O)C[C@H]2CN(CCc3c([nH]c4ccccc34)[C@@](C(=O)OC)(c3cc4c(cc3OC)N(C)[C@H]3[C@@](O)(C(=O)N(C)C)[C@H](O)[C@]5(CC)C=CCN6CC[C@]43[C@@H]65)C2)C1. The van der Waals surface area contributed by atoms with Crippen LogP contribution in [0.25, 0.3) is 10.9 Å². The van der Waals surface area contributed by atoms with E-state index in [1.165, 1.54) is 12.0 Å². The number of amides is 1. The standard InChI is InChI=1S/C45H59N5O7/c1-8-41(54)23-27-24-44(40(53)57-7,35-29(15-19-49(25-27)26-41)28-13-10-11-14-32(28)46-35)31-21-30-33(22-34(31)56-6)48(5)37-43(30)17-20-50-18-12-16-42(9-2,36(43)50)38(51)45(37,55)39(52)47(3)4/h10-14,16,21-22,27,36-38,46,51,54-55H,8-9,15,17-20,23-26H2,1-7H3/t27-,36+,37-,38-,41+,42-,43-,44+,45+/m1/s1. The number of esters is 1. The zero-order valence-corrected chi connectivity index (χ0v) is 34.5. The molecule has 6 heterocycles. The second kappa shape index (κ2) is 13.0. The minimum absolute atomic E-state index is 0.0717. The number of benzene rings is 2. The highest BCUT2D eigenvalue weighted by Crippen LogP contribution is 2.67. The molecule has 1 amide bonds. The number of ether oxygens (including phenoxy) is 2. The number of para-hydroxylation sites is 1. The largest absolute Gasteiger partial charge is 0.496 e. The Morgan fingerprint density at radius 1 is 1.02 bits per heavy atom. The lowest BCUT2D eigenvalue weighted by Gasteiger charge is -2.63. The maximum absolute atomic E-state index is 15.3. The second-order valence-corrected chi connectivity index (χ2v) is 18.3. The van der Waals surface area contributed by atoms with Gasteiger partial charge in [-0.05, 0) is 74.2 Å². The number of aliphatic hydroxyl groups excluding tert-OH is 1. The first-order chi connectivity index (χ1) is 27.2. The van der Waals surface area contributed by atoms with Gasteiger partial charge in [0.05, 0.1) is 25.9 Å². The lowest BCUT2D eigenvalue weighted by Crippen LogP contribution is -2.81. The van der Waals surface area contributed by atoms with E-state index in [1.807, 2.05) is 44.0 Å². The fraction of sp³-hybridized carbons (Fsp3) is 0.600. The highest BCUT2D eigenvalue weighted by atomic mass is 16.5. The van der Waals surface area contributed by atoms with Crippen molar-refractivity contribution in [2.75, 3.05) is 73.0 Å². The van der Waals surface area contributed by atoms with Crippen LogP contribution in [-0.4, -0.2) is 144 Å². The van der Waals surface area contributed by atoms with Crippen LogP contribution in [0.1, 0.15) is 68.3 Å². The summed E-state index contributed by atoms with van der Waals surface area (Å²) in [5, 5.41) is 38.8. The van der Waals surface area contributed by atoms with Crippen LogP contribution >= 0.6 is 0 Å². The molecule has 9 rings (SSSR count). The van der Waals surface area contributed by atoms with Gasteiger partial charge in [0, 0.05) is 98.1 Å². The Bertz CT molecular complexity index is 2170. The number of methoxy groups -OCH3 is 2. The molecule has 1 unspecified atom stereocenters. The predicted octanol–water partition coefficient (Wildman–Crippen LogP) is 3.34. The maximum Gasteiger partial charge on any atom is 0.322 e. The minimum Gasteiger partial charge on any atom is -0.496 e. The van der Waals surface area contributed by atoms with Crippen molar-refractivity contribution >= 4 is 28.5 Å². The third-order valence-electron chi connectivity index (χ3n) is 15.6. The summed E-state index contributed by atoms with van der Waals surface area (Å²) in [4.78, 5) is 41.7. The first-order valence-electron chi connectivity index (χ1n) is 20.8. The number of aromatic nitrogens is 1. The molecule has 3 aromatic rings. The number of H-pyrrole nitrogens is 1. The molecular weight excluding hydrogens is 723 g/mol. The van der Waals surface area contributed by atoms with Gasteiger partial charge in [0.25, 0.3) is 5.91 Å². The van der Waals surface area contributed by atoms with E-state index in [1.54, 1.807) is 21.2 Å². The van der Waals surface area contributed by atoms with E-state index in [0.717, 1.165) is 46.5 Å². The number of hydrogen-bond donors (Lipinski definition) is 4. The Morgan fingerprint density at radius 3 is 2.49 bits per heavy atom. The van der Waals surface area contributed by atoms with Gasteiger partial charge < -0.3 is 39.6 Å². The number of nitrogens with one attached hydrogen (secondary N) is 1. The summed E-state index contributed by atoms with van der Waals surface area (Å²) >= 11 is 0. The Morgan fingerprint density at radius 2 is 1.79 bits per heavy atom. The topological polar surface area (TPSA) is 142 Å². The Hall–Kier alpha value is -3.94. The van der Waals surface area contributed by atoms with E-state index in [4.69, 9.17) is 9.47 Å². The van der Waals surface area contributed by atoms with E-state index in [0.29, 0.717) is 69.5 Å². The lowest BCUT2D eigenvalue weighted by molar-refractivity contribution is -0.209. The van der Waals surface area contributed by atoms with Gasteiger partial charge in [-0.1, -0.05) is 44.2 Å². The number of nitrogens with zero attached hydrogens (tertiary/aromatic N) is 4. The molecule has 12 nitrogen and oxygen atoms in total. The van der Waals surface area contributed by atoms with E-state index in [2.05, 4.69) is 45.1 Å². The maximum atomic E-state index is 15.3. The van der Waals surface area contributed by atoms with E-state index >= 15 is 4.79 Å². The number of aliphatic hydroxyl groups is 3. The van der Waals surface area contributed by atoms with Crippen molar-refractivity contribution in [1.29, 1.82) is 0 Å². The fourth-order valence-electron chi connectivity index (χ4n) is 13.4. The van der Waals surface area contributed by atoms with Gasteiger partial charge in [0.1, 0.15) is 17.3 Å². The molecule has 12 heteroatoms. The normalized spacial score (nSPS) is 38.0. The number of carbonyl (C=O) groups is 2. The van der Waals surface area contributed by atoms with Crippen LogP contribution < -0.4 is 9.64 Å². The van der Waals surface area contributed by atoms with Gasteiger partial charge in [0.15, 0.2) is 5.60 Å². The van der Waals surface area contributed by atoms with Crippen molar-refractivity contribution in [2.45, 2.75) is 92.6 Å². The summed E-state index contributed by atoms with van der Waals surface area (Å²) in [6.07, 6.45) is 6.05. The molecular formula is C45H59N5O7. The van der Waals surface area contributed by atoms with E-state index in [-0.39, 0.29) is 12.0 Å².